The van der Waals surface area contributed by atoms with E-state index in [2.05, 4.69) is 10.5 Å². The molecule has 0 amide bonds. The van der Waals surface area contributed by atoms with E-state index < -0.39 is 12.7 Å². The summed E-state index contributed by atoms with van der Waals surface area (Å²) in [5, 5.41) is 7.06. The lowest BCUT2D eigenvalue weighted by molar-refractivity contribution is -0.149. The minimum Gasteiger partial charge on any atom is -0.360 e. The van der Waals surface area contributed by atoms with Gasteiger partial charge in [-0.25, -0.2) is 0 Å². The van der Waals surface area contributed by atoms with E-state index in [-0.39, 0.29) is 12.6 Å². The SMILES string of the molecule is CC(C)NCc1cc(CN(CC(F)(F)F)C2CC2)on1. The highest BCUT2D eigenvalue weighted by atomic mass is 19.4. The van der Waals surface area contributed by atoms with Crippen LogP contribution in [-0.4, -0.2) is 34.9 Å². The van der Waals surface area contributed by atoms with Crippen LogP contribution in [0.1, 0.15) is 38.1 Å². The lowest BCUT2D eigenvalue weighted by Crippen LogP contribution is -2.35. The van der Waals surface area contributed by atoms with Crippen LogP contribution < -0.4 is 5.32 Å². The summed E-state index contributed by atoms with van der Waals surface area (Å²) in [6.45, 7) is 3.86. The molecule has 1 saturated carbocycles. The van der Waals surface area contributed by atoms with Gasteiger partial charge in [-0.2, -0.15) is 13.2 Å². The molecule has 2 rings (SSSR count). The average Bonchev–Trinajstić information content (AvgIpc) is 3.06. The maximum absolute atomic E-state index is 12.5. The van der Waals surface area contributed by atoms with Gasteiger partial charge in [0.15, 0.2) is 5.76 Å². The van der Waals surface area contributed by atoms with Gasteiger partial charge in [0, 0.05) is 24.7 Å². The number of rotatable bonds is 7. The number of aromatic nitrogens is 1. The Kier molecular flexibility index (Phi) is 4.70. The molecule has 7 heteroatoms. The molecular weight excluding hydrogens is 271 g/mol. The van der Waals surface area contributed by atoms with Crippen molar-refractivity contribution in [2.45, 2.75) is 58.0 Å². The summed E-state index contributed by atoms with van der Waals surface area (Å²) in [6, 6.07) is 2.07. The quantitative estimate of drug-likeness (QED) is 0.838. The molecule has 1 aromatic heterocycles. The van der Waals surface area contributed by atoms with E-state index in [9.17, 15) is 13.2 Å². The standard InChI is InChI=1S/C13H20F3N3O/c1-9(2)17-6-10-5-12(20-18-10)7-19(11-3-4-11)8-13(14,15)16/h5,9,11,17H,3-4,6-8H2,1-2H3. The molecule has 1 N–H and O–H groups in total. The molecule has 114 valence electrons. The number of hydrogen-bond donors (Lipinski definition) is 1. The first-order chi connectivity index (χ1) is 9.33. The van der Waals surface area contributed by atoms with E-state index in [0.717, 1.165) is 18.5 Å². The third-order valence-corrected chi connectivity index (χ3v) is 3.10. The first-order valence-electron chi connectivity index (χ1n) is 6.82. The first-order valence-corrected chi connectivity index (χ1v) is 6.82. The normalized spacial score (nSPS) is 16.4. The van der Waals surface area contributed by atoms with Crippen molar-refractivity contribution < 1.29 is 17.7 Å². The summed E-state index contributed by atoms with van der Waals surface area (Å²) in [5.74, 6) is 0.488. The summed E-state index contributed by atoms with van der Waals surface area (Å²) in [4.78, 5) is 1.42. The zero-order valence-corrected chi connectivity index (χ0v) is 11.7. The topological polar surface area (TPSA) is 41.3 Å². The Bertz CT molecular complexity index is 427. The van der Waals surface area contributed by atoms with Gasteiger partial charge in [-0.3, -0.25) is 4.90 Å². The largest absolute Gasteiger partial charge is 0.401 e. The third-order valence-electron chi connectivity index (χ3n) is 3.10. The van der Waals surface area contributed by atoms with Crippen LogP contribution in [0.4, 0.5) is 13.2 Å². The molecule has 0 unspecified atom stereocenters. The maximum atomic E-state index is 12.5. The van der Waals surface area contributed by atoms with Crippen molar-refractivity contribution >= 4 is 0 Å². The number of nitrogens with one attached hydrogen (secondary N) is 1. The van der Waals surface area contributed by atoms with E-state index in [4.69, 9.17) is 4.52 Å². The van der Waals surface area contributed by atoms with Gasteiger partial charge in [-0.1, -0.05) is 19.0 Å². The molecule has 0 saturated heterocycles. The fourth-order valence-electron chi connectivity index (χ4n) is 2.01. The Balaban J connectivity index is 1.90. The molecule has 1 fully saturated rings. The molecule has 0 aromatic carbocycles. The highest BCUT2D eigenvalue weighted by Crippen LogP contribution is 2.31. The molecule has 20 heavy (non-hydrogen) atoms. The second-order valence-electron chi connectivity index (χ2n) is 5.57. The zero-order chi connectivity index (χ0) is 14.8. The lowest BCUT2D eigenvalue weighted by Gasteiger charge is -2.21. The van der Waals surface area contributed by atoms with Crippen LogP contribution >= 0.6 is 0 Å². The predicted molar refractivity (Wildman–Crippen MR) is 68.0 cm³/mol. The lowest BCUT2D eigenvalue weighted by atomic mass is 10.3. The highest BCUT2D eigenvalue weighted by molar-refractivity contribution is 5.06. The van der Waals surface area contributed by atoms with Crippen LogP contribution in [0.3, 0.4) is 0 Å². The summed E-state index contributed by atoms with van der Waals surface area (Å²) in [7, 11) is 0. The van der Waals surface area contributed by atoms with Gasteiger partial charge in [-0.05, 0) is 12.8 Å². The number of nitrogens with zero attached hydrogens (tertiary/aromatic N) is 2. The van der Waals surface area contributed by atoms with Crippen molar-refractivity contribution in [3.8, 4) is 0 Å². The molecule has 1 aliphatic rings. The summed E-state index contributed by atoms with van der Waals surface area (Å²) < 4.78 is 42.7. The second kappa shape index (κ2) is 6.13. The van der Waals surface area contributed by atoms with Gasteiger partial charge in [0.2, 0.25) is 0 Å². The second-order valence-corrected chi connectivity index (χ2v) is 5.57. The molecule has 4 nitrogen and oxygen atoms in total. The zero-order valence-electron chi connectivity index (χ0n) is 11.7. The number of alkyl halides is 3. The maximum Gasteiger partial charge on any atom is 0.401 e. The van der Waals surface area contributed by atoms with E-state index in [1.165, 1.54) is 4.90 Å². The van der Waals surface area contributed by atoms with Crippen LogP contribution in [0.25, 0.3) is 0 Å². The van der Waals surface area contributed by atoms with Gasteiger partial charge in [0.25, 0.3) is 0 Å². The molecule has 1 heterocycles. The van der Waals surface area contributed by atoms with Crippen LogP contribution in [-0.2, 0) is 13.1 Å². The summed E-state index contributed by atoms with van der Waals surface area (Å²) >= 11 is 0. The minimum absolute atomic E-state index is 0.0268. The third kappa shape index (κ3) is 5.13. The molecule has 0 aliphatic heterocycles. The molecule has 0 atom stereocenters. The summed E-state index contributed by atoms with van der Waals surface area (Å²) in [5.41, 5.74) is 0.719. The molecule has 0 radical (unpaired) electrons. The Morgan fingerprint density at radius 2 is 2.15 bits per heavy atom. The van der Waals surface area contributed by atoms with Crippen molar-refractivity contribution in [1.82, 2.24) is 15.4 Å². The molecular formula is C13H20F3N3O. The smallest absolute Gasteiger partial charge is 0.360 e. The van der Waals surface area contributed by atoms with Crippen LogP contribution in [0.15, 0.2) is 10.6 Å². The van der Waals surface area contributed by atoms with E-state index in [0.29, 0.717) is 18.3 Å². The Labute approximate surface area is 116 Å². The van der Waals surface area contributed by atoms with Crippen LogP contribution in [0.2, 0.25) is 0 Å². The van der Waals surface area contributed by atoms with Crippen molar-refractivity contribution in [2.75, 3.05) is 6.54 Å². The van der Waals surface area contributed by atoms with Crippen LogP contribution in [0.5, 0.6) is 0 Å². The van der Waals surface area contributed by atoms with Crippen molar-refractivity contribution in [3.05, 3.63) is 17.5 Å². The molecule has 1 aliphatic carbocycles. The average molecular weight is 291 g/mol. The number of halogens is 3. The highest BCUT2D eigenvalue weighted by Gasteiger charge is 2.38. The first kappa shape index (κ1) is 15.3. The van der Waals surface area contributed by atoms with Gasteiger partial charge in [-0.15, -0.1) is 0 Å². The van der Waals surface area contributed by atoms with Gasteiger partial charge >= 0.3 is 6.18 Å². The van der Waals surface area contributed by atoms with Gasteiger partial charge in [0.05, 0.1) is 18.8 Å². The van der Waals surface area contributed by atoms with E-state index in [1.54, 1.807) is 6.07 Å². The van der Waals surface area contributed by atoms with Crippen molar-refractivity contribution in [3.63, 3.8) is 0 Å². The minimum atomic E-state index is -4.18. The fraction of sp³-hybridized carbons (Fsp3) is 0.769. The Morgan fingerprint density at radius 3 is 2.70 bits per heavy atom. The fourth-order valence-corrected chi connectivity index (χ4v) is 2.01. The van der Waals surface area contributed by atoms with Gasteiger partial charge < -0.3 is 9.84 Å². The van der Waals surface area contributed by atoms with Gasteiger partial charge in [0.1, 0.15) is 0 Å². The molecule has 0 bridgehead atoms. The Hall–Kier alpha value is -1.08. The van der Waals surface area contributed by atoms with E-state index in [1.807, 2.05) is 13.8 Å². The molecule has 1 aromatic rings. The van der Waals surface area contributed by atoms with Crippen molar-refractivity contribution in [2.24, 2.45) is 0 Å². The summed E-state index contributed by atoms with van der Waals surface area (Å²) in [6.07, 6.45) is -2.53. The molecule has 0 spiro atoms. The van der Waals surface area contributed by atoms with Crippen molar-refractivity contribution in [1.29, 1.82) is 0 Å². The number of hydrogen-bond acceptors (Lipinski definition) is 4. The van der Waals surface area contributed by atoms with E-state index >= 15 is 0 Å². The monoisotopic (exact) mass is 291 g/mol. The Morgan fingerprint density at radius 1 is 1.45 bits per heavy atom. The predicted octanol–water partition coefficient (Wildman–Crippen LogP) is 2.70. The van der Waals surface area contributed by atoms with Crippen LogP contribution in [0, 0.1) is 0 Å².